The number of hydrogen-bond donors (Lipinski definition) is 0. The number of Topliss-reactive ketones (excluding diaryl/α,β-unsaturated/α-hetero) is 2. The summed E-state index contributed by atoms with van der Waals surface area (Å²) in [5.74, 6) is 11.1. The monoisotopic (exact) mass is 1520 g/mol. The molecular formula is C104H186N4O2. The summed E-state index contributed by atoms with van der Waals surface area (Å²) in [6, 6.07) is 7.06. The van der Waals surface area contributed by atoms with Crippen LogP contribution in [0, 0.1) is 94.7 Å². The minimum Gasteiger partial charge on any atom is -0.300 e. The lowest BCUT2D eigenvalue weighted by molar-refractivity contribution is -0.221. The van der Waals surface area contributed by atoms with Crippen LogP contribution in [0.25, 0.3) is 0 Å². The maximum absolute atomic E-state index is 16.4. The molecule has 12 rings (SSSR count). The number of carbonyl (C=O) groups is 2. The molecule has 6 nitrogen and oxygen atoms in total. The van der Waals surface area contributed by atoms with Crippen LogP contribution in [0.15, 0.2) is 0 Å². The summed E-state index contributed by atoms with van der Waals surface area (Å²) in [4.78, 5) is 46.8. The molecule has 0 heterocycles. The lowest BCUT2D eigenvalue weighted by atomic mass is 9.40. The fraction of sp³-hybridized carbons (Fsp3) is 0.981. The molecule has 12 unspecified atom stereocenters. The van der Waals surface area contributed by atoms with Gasteiger partial charge in [0, 0.05) is 84.3 Å². The second-order valence-electron chi connectivity index (χ2n) is 43.7. The van der Waals surface area contributed by atoms with Crippen molar-refractivity contribution in [1.29, 1.82) is 0 Å². The molecule has 6 heteroatoms. The zero-order valence-corrected chi connectivity index (χ0v) is 75.0. The van der Waals surface area contributed by atoms with Crippen molar-refractivity contribution in [2.45, 2.75) is 553 Å². The highest BCUT2D eigenvalue weighted by atomic mass is 16.1. The molecule has 110 heavy (non-hydrogen) atoms. The van der Waals surface area contributed by atoms with Crippen molar-refractivity contribution in [3.05, 3.63) is 0 Å². The van der Waals surface area contributed by atoms with E-state index in [1.165, 1.54) is 398 Å². The van der Waals surface area contributed by atoms with E-state index in [4.69, 9.17) is 0 Å². The Morgan fingerprint density at radius 2 is 0.418 bits per heavy atom. The van der Waals surface area contributed by atoms with E-state index in [0.29, 0.717) is 120 Å². The standard InChI is InChI=1S/C104H186N4O2/c1-11-15-19-23-27-31-35-81-47-63-89(64-48-81)105(85-55-39-75(5)40-56-85)97-73-99(107(87-59-43-77(7)44-60-87)91-67-51-83(52-68-91)37-33-29-25-21-17-13-3)101-94(80(10)110)72-96-98(106(86-57-41-76(6)42-58-86)90-65-49-82(50-66-90)36-32-28-24-20-16-12-2)74-100(102-93(79(9)109)71-95(97)103(101)104(96)102)108(88-61-45-78(8)46-62-88)92-69-53-84(54-70-92)38-34-30-26-22-18-14-4/h75-78,81-104H,11-74H2,1-10H3. The number of ketones is 2. The highest BCUT2D eigenvalue weighted by Crippen LogP contribution is 2.67. The summed E-state index contributed by atoms with van der Waals surface area (Å²) in [6.07, 6.45) is 89.4. The van der Waals surface area contributed by atoms with Gasteiger partial charge >= 0.3 is 0 Å². The molecule has 0 spiro atoms. The first-order valence-corrected chi connectivity index (χ1v) is 51.9. The zero-order valence-electron chi connectivity index (χ0n) is 75.0. The van der Waals surface area contributed by atoms with Gasteiger partial charge in [0.1, 0.15) is 11.6 Å². The van der Waals surface area contributed by atoms with Crippen molar-refractivity contribution in [3.8, 4) is 0 Å². The molecule has 12 aliphatic rings. The summed E-state index contributed by atoms with van der Waals surface area (Å²) >= 11 is 0. The Morgan fingerprint density at radius 3 is 0.627 bits per heavy atom. The van der Waals surface area contributed by atoms with Crippen molar-refractivity contribution in [3.63, 3.8) is 0 Å². The second-order valence-corrected chi connectivity index (χ2v) is 43.7. The minimum absolute atomic E-state index is 0.123. The lowest BCUT2D eigenvalue weighted by Gasteiger charge is -2.71. The molecular weight excluding hydrogens is 1340 g/mol. The highest BCUT2D eigenvalue weighted by molar-refractivity contribution is 5.80. The van der Waals surface area contributed by atoms with Gasteiger partial charge in [-0.05, 0) is 328 Å². The van der Waals surface area contributed by atoms with E-state index in [1.807, 2.05) is 0 Å². The van der Waals surface area contributed by atoms with Crippen LogP contribution in [-0.2, 0) is 9.59 Å². The summed E-state index contributed by atoms with van der Waals surface area (Å²) < 4.78 is 0. The van der Waals surface area contributed by atoms with Gasteiger partial charge in [-0.15, -0.1) is 0 Å². The van der Waals surface area contributed by atoms with E-state index < -0.39 is 0 Å². The molecule has 12 fully saturated rings. The molecule has 0 aromatic heterocycles. The zero-order chi connectivity index (χ0) is 76.9. The first kappa shape index (κ1) is 88.5. The number of unbranched alkanes of at least 4 members (excludes halogenated alkanes) is 20. The highest BCUT2D eigenvalue weighted by Gasteiger charge is 2.69. The van der Waals surface area contributed by atoms with Gasteiger partial charge in [-0.2, -0.15) is 0 Å². The largest absolute Gasteiger partial charge is 0.300 e. The van der Waals surface area contributed by atoms with Crippen molar-refractivity contribution in [1.82, 2.24) is 19.6 Å². The molecule has 12 saturated carbocycles. The Balaban J connectivity index is 0.993. The van der Waals surface area contributed by atoms with Crippen LogP contribution in [0.4, 0.5) is 0 Å². The third kappa shape index (κ3) is 23.4. The van der Waals surface area contributed by atoms with Crippen LogP contribution in [0.2, 0.25) is 0 Å². The van der Waals surface area contributed by atoms with Gasteiger partial charge in [-0.25, -0.2) is 0 Å². The van der Waals surface area contributed by atoms with E-state index in [2.05, 4.69) is 88.8 Å². The Labute approximate surface area is 684 Å². The predicted molar refractivity (Wildman–Crippen MR) is 471 cm³/mol. The van der Waals surface area contributed by atoms with Gasteiger partial charge in [0.15, 0.2) is 0 Å². The second kappa shape index (κ2) is 45.5. The average Bonchev–Trinajstić information content (AvgIpc) is 0.687. The Bertz CT molecular complexity index is 2350. The molecule has 0 N–H and O–H groups in total. The van der Waals surface area contributed by atoms with Crippen molar-refractivity contribution >= 4 is 11.6 Å². The van der Waals surface area contributed by atoms with Crippen molar-refractivity contribution in [2.24, 2.45) is 94.7 Å². The molecule has 0 aliphatic heterocycles. The van der Waals surface area contributed by atoms with Gasteiger partial charge in [-0.1, -0.05) is 235 Å². The van der Waals surface area contributed by atoms with E-state index in [0.717, 1.165) is 60.2 Å². The Kier molecular flexibility index (Phi) is 36.6. The SMILES string of the molecule is CCCCCCCCC1CCC(N(C2CCC(C)CC2)C2CC(N(C3CCC(C)CC3)C3CCC(CCCCCCCC)CC3)C3C(C(C)=O)CC4C5C3C2CC(C(C)=O)C5C(N(C2CCC(C)CC2)C2CCC(CCCCCCCC)CC2)CC4N(C2CCC(C)CC2)C2CCC(CCCCCCCC)CC2)CC1. The maximum Gasteiger partial charge on any atom is 0.133 e. The van der Waals surface area contributed by atoms with Crippen LogP contribution < -0.4 is 0 Å². The number of hydrogen-bond acceptors (Lipinski definition) is 6. The normalized spacial score (nSPS) is 40.0. The number of rotatable bonds is 42. The van der Waals surface area contributed by atoms with Gasteiger partial charge in [0.05, 0.1) is 0 Å². The molecule has 12 atom stereocenters. The molecule has 0 amide bonds. The Hall–Kier alpha value is -0.820. The molecule has 634 valence electrons. The fourth-order valence-electron chi connectivity index (χ4n) is 29.9. The van der Waals surface area contributed by atoms with E-state index >= 15 is 9.59 Å². The molecule has 0 saturated heterocycles. The smallest absolute Gasteiger partial charge is 0.133 e. The topological polar surface area (TPSA) is 47.1 Å². The van der Waals surface area contributed by atoms with E-state index in [9.17, 15) is 0 Å². The van der Waals surface area contributed by atoms with Gasteiger partial charge in [0.2, 0.25) is 0 Å². The maximum atomic E-state index is 16.4. The average molecular weight is 1520 g/mol. The Morgan fingerprint density at radius 1 is 0.227 bits per heavy atom. The summed E-state index contributed by atoms with van der Waals surface area (Å²) in [6.45, 7) is 24.3. The molecule has 12 aliphatic carbocycles. The third-order valence-electron chi connectivity index (χ3n) is 36.2. The minimum atomic E-state index is 0.123. The van der Waals surface area contributed by atoms with Crippen LogP contribution in [0.1, 0.15) is 480 Å². The quantitative estimate of drug-likeness (QED) is 0.0568. The van der Waals surface area contributed by atoms with Gasteiger partial charge in [-0.3, -0.25) is 29.2 Å². The number of carbonyl (C=O) groups excluding carboxylic acids is 2. The van der Waals surface area contributed by atoms with Crippen molar-refractivity contribution in [2.75, 3.05) is 0 Å². The summed E-state index contributed by atoms with van der Waals surface area (Å²) in [5, 5.41) is 0. The number of nitrogens with zero attached hydrogens (tertiary/aromatic N) is 4. The molecule has 0 aromatic carbocycles. The van der Waals surface area contributed by atoms with Crippen LogP contribution in [0.3, 0.4) is 0 Å². The molecule has 0 radical (unpaired) electrons. The van der Waals surface area contributed by atoms with Gasteiger partial charge < -0.3 is 0 Å². The van der Waals surface area contributed by atoms with Gasteiger partial charge in [0.25, 0.3) is 0 Å². The van der Waals surface area contributed by atoms with Crippen molar-refractivity contribution < 1.29 is 9.59 Å². The van der Waals surface area contributed by atoms with Crippen LogP contribution in [-0.4, -0.2) is 104 Å². The van der Waals surface area contributed by atoms with E-state index in [1.54, 1.807) is 0 Å². The molecule has 0 bridgehead atoms. The fourth-order valence-corrected chi connectivity index (χ4v) is 29.9. The summed E-state index contributed by atoms with van der Waals surface area (Å²) in [5.41, 5.74) is 0. The predicted octanol–water partition coefficient (Wildman–Crippen LogP) is 28.9. The third-order valence-corrected chi connectivity index (χ3v) is 36.2. The lowest BCUT2D eigenvalue weighted by Crippen LogP contribution is -2.75. The summed E-state index contributed by atoms with van der Waals surface area (Å²) in [7, 11) is 0. The molecule has 0 aromatic rings. The first-order chi connectivity index (χ1) is 53.7. The van der Waals surface area contributed by atoms with Crippen LogP contribution >= 0.6 is 0 Å². The van der Waals surface area contributed by atoms with E-state index in [-0.39, 0.29) is 11.8 Å². The van der Waals surface area contributed by atoms with Crippen LogP contribution in [0.5, 0.6) is 0 Å². The first-order valence-electron chi connectivity index (χ1n) is 51.9.